The van der Waals surface area contributed by atoms with Gasteiger partial charge in [0.15, 0.2) is 0 Å². The van der Waals surface area contributed by atoms with E-state index in [1.54, 1.807) is 0 Å². The second kappa shape index (κ2) is 7.87. The summed E-state index contributed by atoms with van der Waals surface area (Å²) in [6.45, 7) is 4.58. The van der Waals surface area contributed by atoms with Crippen LogP contribution in [0.25, 0.3) is 0 Å². The highest BCUT2D eigenvalue weighted by Crippen LogP contribution is 2.30. The Balaban J connectivity index is 1.67. The number of nitrogens with zero attached hydrogens (tertiary/aromatic N) is 1. The second-order valence-corrected chi connectivity index (χ2v) is 7.25. The third-order valence-electron chi connectivity index (χ3n) is 5.39. The average molecular weight is 344 g/mol. The van der Waals surface area contributed by atoms with Crippen LogP contribution in [-0.4, -0.2) is 37.5 Å². The maximum atomic E-state index is 12.7. The molecular weight excluding hydrogens is 316 g/mol. The van der Waals surface area contributed by atoms with Gasteiger partial charge in [0.1, 0.15) is 0 Å². The molecule has 136 valence electrons. The monoisotopic (exact) mass is 344 g/mol. The molecule has 2 fully saturated rings. The van der Waals surface area contributed by atoms with Crippen LogP contribution in [0.4, 0.5) is 11.4 Å². The standard InChI is InChI=1S/C19H28N4O2/c1-13-12-15(6-9-21-13)19(25)22-16-4-2-3-5-17(16)23-10-7-14(8-11-23)18(20)24/h2-5,13-15,21H,6-12H2,1H3,(H2,20,24)(H,22,25)/t13-,15-/m0/s1. The lowest BCUT2D eigenvalue weighted by molar-refractivity contribution is -0.122. The van der Waals surface area contributed by atoms with E-state index in [-0.39, 0.29) is 23.7 Å². The van der Waals surface area contributed by atoms with Crippen molar-refractivity contribution >= 4 is 23.2 Å². The van der Waals surface area contributed by atoms with Crippen molar-refractivity contribution in [3.63, 3.8) is 0 Å². The van der Waals surface area contributed by atoms with E-state index < -0.39 is 0 Å². The highest BCUT2D eigenvalue weighted by molar-refractivity contribution is 5.96. The second-order valence-electron chi connectivity index (χ2n) is 7.25. The molecule has 2 aliphatic heterocycles. The van der Waals surface area contributed by atoms with Gasteiger partial charge in [-0.25, -0.2) is 0 Å². The summed E-state index contributed by atoms with van der Waals surface area (Å²) in [6, 6.07) is 8.30. The van der Waals surface area contributed by atoms with Gasteiger partial charge in [-0.3, -0.25) is 9.59 Å². The van der Waals surface area contributed by atoms with E-state index in [1.807, 2.05) is 24.3 Å². The molecule has 25 heavy (non-hydrogen) atoms. The van der Waals surface area contributed by atoms with Crippen molar-refractivity contribution in [2.45, 2.75) is 38.6 Å². The van der Waals surface area contributed by atoms with Crippen molar-refractivity contribution in [2.24, 2.45) is 17.6 Å². The van der Waals surface area contributed by atoms with Crippen LogP contribution < -0.4 is 21.3 Å². The number of hydrogen-bond donors (Lipinski definition) is 3. The summed E-state index contributed by atoms with van der Waals surface area (Å²) in [5.41, 5.74) is 7.31. The third kappa shape index (κ3) is 4.31. The minimum atomic E-state index is -0.207. The van der Waals surface area contributed by atoms with Crippen molar-refractivity contribution in [2.75, 3.05) is 29.9 Å². The van der Waals surface area contributed by atoms with Crippen molar-refractivity contribution in [1.82, 2.24) is 5.32 Å². The Morgan fingerprint density at radius 3 is 2.56 bits per heavy atom. The largest absolute Gasteiger partial charge is 0.370 e. The highest BCUT2D eigenvalue weighted by atomic mass is 16.2. The molecule has 2 atom stereocenters. The quantitative estimate of drug-likeness (QED) is 0.776. The number of nitrogens with one attached hydrogen (secondary N) is 2. The SMILES string of the molecule is C[C@H]1C[C@@H](C(=O)Nc2ccccc2N2CCC(C(N)=O)CC2)CCN1. The van der Waals surface area contributed by atoms with Gasteiger partial charge in [-0.05, 0) is 51.3 Å². The molecular formula is C19H28N4O2. The lowest BCUT2D eigenvalue weighted by Crippen LogP contribution is -2.41. The molecule has 2 heterocycles. The zero-order valence-corrected chi connectivity index (χ0v) is 14.8. The predicted octanol–water partition coefficient (Wildman–Crippen LogP) is 1.71. The molecule has 1 aromatic rings. The molecule has 0 bridgehead atoms. The van der Waals surface area contributed by atoms with Gasteiger partial charge in [0.05, 0.1) is 11.4 Å². The van der Waals surface area contributed by atoms with Crippen LogP contribution in [0, 0.1) is 11.8 Å². The van der Waals surface area contributed by atoms with Crippen molar-refractivity contribution in [3.8, 4) is 0 Å². The molecule has 0 spiro atoms. The molecule has 0 saturated carbocycles. The van der Waals surface area contributed by atoms with E-state index in [4.69, 9.17) is 5.73 Å². The molecule has 4 N–H and O–H groups in total. The number of para-hydroxylation sites is 2. The molecule has 1 aromatic carbocycles. The van der Waals surface area contributed by atoms with Gasteiger partial charge in [-0.2, -0.15) is 0 Å². The van der Waals surface area contributed by atoms with Gasteiger partial charge in [0.25, 0.3) is 0 Å². The van der Waals surface area contributed by atoms with E-state index in [9.17, 15) is 9.59 Å². The maximum absolute atomic E-state index is 12.7. The first-order valence-corrected chi connectivity index (χ1v) is 9.22. The van der Waals surface area contributed by atoms with E-state index in [1.165, 1.54) is 0 Å². The van der Waals surface area contributed by atoms with Crippen molar-refractivity contribution in [1.29, 1.82) is 0 Å². The number of benzene rings is 1. The Labute approximate surface area is 149 Å². The number of anilines is 2. The molecule has 0 unspecified atom stereocenters. The van der Waals surface area contributed by atoms with E-state index in [0.29, 0.717) is 6.04 Å². The van der Waals surface area contributed by atoms with Gasteiger partial charge >= 0.3 is 0 Å². The Morgan fingerprint density at radius 1 is 1.16 bits per heavy atom. The zero-order valence-electron chi connectivity index (χ0n) is 14.8. The van der Waals surface area contributed by atoms with Crippen LogP contribution in [0.1, 0.15) is 32.6 Å². The molecule has 2 aliphatic rings. The van der Waals surface area contributed by atoms with E-state index >= 15 is 0 Å². The van der Waals surface area contributed by atoms with Gasteiger partial charge < -0.3 is 21.3 Å². The molecule has 0 aliphatic carbocycles. The minimum Gasteiger partial charge on any atom is -0.370 e. The van der Waals surface area contributed by atoms with Crippen LogP contribution in [-0.2, 0) is 9.59 Å². The third-order valence-corrected chi connectivity index (χ3v) is 5.39. The Hall–Kier alpha value is -2.08. The minimum absolute atomic E-state index is 0.0331. The molecule has 6 heteroatoms. The molecule has 2 saturated heterocycles. The first-order chi connectivity index (χ1) is 12.0. The lowest BCUT2D eigenvalue weighted by atomic mass is 9.92. The molecule has 2 amide bonds. The summed E-state index contributed by atoms with van der Waals surface area (Å²) in [7, 11) is 0. The number of rotatable bonds is 4. The van der Waals surface area contributed by atoms with Crippen LogP contribution in [0.3, 0.4) is 0 Å². The number of hydrogen-bond acceptors (Lipinski definition) is 4. The number of piperidine rings is 2. The number of carbonyl (C=O) groups excluding carboxylic acids is 2. The van der Waals surface area contributed by atoms with Gasteiger partial charge in [0, 0.05) is 31.0 Å². The number of primary amides is 1. The van der Waals surface area contributed by atoms with Crippen molar-refractivity contribution < 1.29 is 9.59 Å². The van der Waals surface area contributed by atoms with Gasteiger partial charge in [-0.1, -0.05) is 12.1 Å². The van der Waals surface area contributed by atoms with Crippen LogP contribution in [0.2, 0.25) is 0 Å². The maximum Gasteiger partial charge on any atom is 0.227 e. The Morgan fingerprint density at radius 2 is 1.88 bits per heavy atom. The van der Waals surface area contributed by atoms with Crippen LogP contribution in [0.15, 0.2) is 24.3 Å². The van der Waals surface area contributed by atoms with Crippen molar-refractivity contribution in [3.05, 3.63) is 24.3 Å². The molecule has 0 radical (unpaired) electrons. The summed E-state index contributed by atoms with van der Waals surface area (Å²) in [5, 5.41) is 6.51. The normalized spacial score (nSPS) is 24.8. The number of nitrogens with two attached hydrogens (primary N) is 1. The Kier molecular flexibility index (Phi) is 5.58. The van der Waals surface area contributed by atoms with Crippen LogP contribution in [0.5, 0.6) is 0 Å². The average Bonchev–Trinajstić information content (AvgIpc) is 2.62. The summed E-state index contributed by atoms with van der Waals surface area (Å²) in [5.74, 6) is -0.0757. The molecule has 6 nitrogen and oxygen atoms in total. The zero-order chi connectivity index (χ0) is 17.8. The first-order valence-electron chi connectivity index (χ1n) is 9.22. The fraction of sp³-hybridized carbons (Fsp3) is 0.579. The van der Waals surface area contributed by atoms with Gasteiger partial charge in [0.2, 0.25) is 11.8 Å². The molecule has 3 rings (SSSR count). The van der Waals surface area contributed by atoms with Crippen LogP contribution >= 0.6 is 0 Å². The highest BCUT2D eigenvalue weighted by Gasteiger charge is 2.27. The topological polar surface area (TPSA) is 87.5 Å². The lowest BCUT2D eigenvalue weighted by Gasteiger charge is -2.34. The number of carbonyl (C=O) groups is 2. The predicted molar refractivity (Wildman–Crippen MR) is 99.4 cm³/mol. The van der Waals surface area contributed by atoms with E-state index in [2.05, 4.69) is 22.5 Å². The fourth-order valence-corrected chi connectivity index (χ4v) is 3.86. The van der Waals surface area contributed by atoms with E-state index in [0.717, 1.165) is 56.7 Å². The summed E-state index contributed by atoms with van der Waals surface area (Å²) in [6.07, 6.45) is 3.28. The Bertz CT molecular complexity index is 626. The summed E-state index contributed by atoms with van der Waals surface area (Å²) < 4.78 is 0. The smallest absolute Gasteiger partial charge is 0.227 e. The fourth-order valence-electron chi connectivity index (χ4n) is 3.86. The summed E-state index contributed by atoms with van der Waals surface area (Å²) in [4.78, 5) is 26.3. The number of amides is 2. The molecule has 0 aromatic heterocycles. The summed E-state index contributed by atoms with van der Waals surface area (Å²) >= 11 is 0. The van der Waals surface area contributed by atoms with Gasteiger partial charge in [-0.15, -0.1) is 0 Å². The first kappa shape index (κ1) is 17.7.